The molecule has 332 valence electrons. The van der Waals surface area contributed by atoms with E-state index in [1.54, 1.807) is 18.3 Å². The van der Waals surface area contributed by atoms with Crippen LogP contribution in [-0.4, -0.2) is 64.5 Å². The number of nitrogens with one attached hydrogen (secondary N) is 2. The first-order chi connectivity index (χ1) is 32.7. The third-order valence-electron chi connectivity index (χ3n) is 11.1. The molecule has 0 radical (unpaired) electrons. The third kappa shape index (κ3) is 11.8. The summed E-state index contributed by atoms with van der Waals surface area (Å²) < 4.78 is 12.4. The average molecular weight is 926 g/mol. The van der Waals surface area contributed by atoms with Crippen molar-refractivity contribution in [1.82, 2.24) is 30.5 Å². The van der Waals surface area contributed by atoms with E-state index in [1.807, 2.05) is 140 Å². The van der Waals surface area contributed by atoms with Crippen LogP contribution in [0.5, 0.6) is 5.75 Å². The summed E-state index contributed by atoms with van der Waals surface area (Å²) in [6.45, 7) is 2.99. The first-order valence-corrected chi connectivity index (χ1v) is 22.2. The second kappa shape index (κ2) is 22.0. The van der Waals surface area contributed by atoms with Gasteiger partial charge in [0.15, 0.2) is 5.65 Å². The number of rotatable bonds is 15. The fraction of sp³-hybridized carbons (Fsp3) is 0.151. The third-order valence-corrected chi connectivity index (χ3v) is 11.6. The number of carbonyl (C=O) groups excluding carboxylic acids is 2. The molecule has 4 aromatic carbocycles. The van der Waals surface area contributed by atoms with Gasteiger partial charge in [-0.3, -0.25) is 14.5 Å². The summed E-state index contributed by atoms with van der Waals surface area (Å²) in [4.78, 5) is 42.6. The molecular formula is C53H42Cl2N8O4. The number of fused-ring (bicyclic) bond motifs is 1. The Labute approximate surface area is 397 Å². The largest absolute Gasteiger partial charge is 0.492 e. The second-order valence-corrected chi connectivity index (χ2v) is 16.3. The lowest BCUT2D eigenvalue weighted by molar-refractivity contribution is -0.118. The van der Waals surface area contributed by atoms with E-state index >= 15 is 0 Å². The molecule has 8 rings (SSSR count). The van der Waals surface area contributed by atoms with Gasteiger partial charge in [-0.05, 0) is 76.9 Å². The summed E-state index contributed by atoms with van der Waals surface area (Å²) in [6.07, 6.45) is 4.33. The number of hydrogen-bond acceptors (Lipinski definition) is 10. The summed E-state index contributed by atoms with van der Waals surface area (Å²) in [7, 11) is 0. The predicted molar refractivity (Wildman–Crippen MR) is 257 cm³/mol. The van der Waals surface area contributed by atoms with Crippen LogP contribution in [0.4, 0.5) is 0 Å². The Morgan fingerprint density at radius 3 is 1.93 bits per heavy atom. The van der Waals surface area contributed by atoms with E-state index in [1.165, 1.54) is 18.2 Å². The molecular weight excluding hydrogens is 884 g/mol. The zero-order valence-corrected chi connectivity index (χ0v) is 37.4. The molecule has 0 spiro atoms. The molecule has 0 aliphatic carbocycles. The van der Waals surface area contributed by atoms with Crippen LogP contribution >= 0.6 is 23.2 Å². The molecule has 1 fully saturated rings. The van der Waals surface area contributed by atoms with E-state index in [0.29, 0.717) is 43.4 Å². The Balaban J connectivity index is 0.874. The zero-order chi connectivity index (χ0) is 46.5. The van der Waals surface area contributed by atoms with Crippen molar-refractivity contribution >= 4 is 58.2 Å². The zero-order valence-electron chi connectivity index (χ0n) is 35.9. The summed E-state index contributed by atoms with van der Waals surface area (Å²) in [5.74, 6) is -0.441. The maximum absolute atomic E-state index is 13.5. The van der Waals surface area contributed by atoms with Crippen LogP contribution in [0.2, 0.25) is 10.2 Å². The molecule has 0 bridgehead atoms. The summed E-state index contributed by atoms with van der Waals surface area (Å²) in [5.41, 5.74) is 5.19. The molecule has 12 nitrogen and oxygen atoms in total. The number of nitrogens with zero attached hydrogens (tertiary/aromatic N) is 6. The average Bonchev–Trinajstić information content (AvgIpc) is 3.37. The molecule has 1 saturated heterocycles. The number of amides is 2. The van der Waals surface area contributed by atoms with Crippen molar-refractivity contribution in [1.29, 1.82) is 10.5 Å². The predicted octanol–water partition coefficient (Wildman–Crippen LogP) is 9.41. The Morgan fingerprint density at radius 2 is 1.33 bits per heavy atom. The van der Waals surface area contributed by atoms with Gasteiger partial charge in [-0.25, -0.2) is 15.0 Å². The van der Waals surface area contributed by atoms with E-state index < -0.39 is 23.9 Å². The van der Waals surface area contributed by atoms with Gasteiger partial charge in [0.1, 0.15) is 40.8 Å². The number of halogens is 2. The maximum Gasteiger partial charge on any atom is 0.262 e. The molecule has 14 heteroatoms. The number of pyridine rings is 3. The van der Waals surface area contributed by atoms with E-state index in [-0.39, 0.29) is 33.1 Å². The van der Waals surface area contributed by atoms with Gasteiger partial charge >= 0.3 is 0 Å². The van der Waals surface area contributed by atoms with Gasteiger partial charge < -0.3 is 20.1 Å². The number of aromatic nitrogens is 3. The Morgan fingerprint density at radius 1 is 0.746 bits per heavy atom. The van der Waals surface area contributed by atoms with Crippen LogP contribution in [0.25, 0.3) is 23.2 Å². The van der Waals surface area contributed by atoms with E-state index in [2.05, 4.69) is 30.5 Å². The van der Waals surface area contributed by atoms with E-state index in [4.69, 9.17) is 32.7 Å². The van der Waals surface area contributed by atoms with E-state index in [0.717, 1.165) is 39.7 Å². The van der Waals surface area contributed by atoms with Crippen molar-refractivity contribution in [2.45, 2.75) is 18.2 Å². The molecule has 2 N–H and O–H groups in total. The highest BCUT2D eigenvalue weighted by molar-refractivity contribution is 6.33. The van der Waals surface area contributed by atoms with Crippen LogP contribution in [0.3, 0.4) is 0 Å². The minimum absolute atomic E-state index is 0.0740. The molecule has 4 heterocycles. The molecule has 2 unspecified atom stereocenters. The molecule has 67 heavy (non-hydrogen) atoms. The minimum atomic E-state index is -0.595. The lowest BCUT2D eigenvalue weighted by Crippen LogP contribution is -2.40. The molecule has 3 aromatic heterocycles. The number of nitriles is 2. The highest BCUT2D eigenvalue weighted by Crippen LogP contribution is 2.28. The minimum Gasteiger partial charge on any atom is -0.492 e. The van der Waals surface area contributed by atoms with Crippen molar-refractivity contribution in [2.24, 2.45) is 0 Å². The monoisotopic (exact) mass is 924 g/mol. The summed E-state index contributed by atoms with van der Waals surface area (Å²) in [6, 6.07) is 47.9. The van der Waals surface area contributed by atoms with Gasteiger partial charge in [0, 0.05) is 36.8 Å². The van der Waals surface area contributed by atoms with Crippen LogP contribution in [0.1, 0.15) is 57.4 Å². The highest BCUT2D eigenvalue weighted by Gasteiger charge is 2.24. The second-order valence-electron chi connectivity index (χ2n) is 15.5. The molecule has 0 saturated carbocycles. The first kappa shape index (κ1) is 45.8. The Kier molecular flexibility index (Phi) is 15.0. The van der Waals surface area contributed by atoms with Crippen molar-refractivity contribution in [3.63, 3.8) is 0 Å². The van der Waals surface area contributed by atoms with Crippen LogP contribution in [0, 0.1) is 22.7 Å². The number of morpholine rings is 1. The quantitative estimate of drug-likeness (QED) is 0.0575. The maximum atomic E-state index is 13.5. The molecule has 7 aromatic rings. The lowest BCUT2D eigenvalue weighted by Gasteiger charge is -2.33. The number of carbonyl (C=O) groups is 2. The topological polar surface area (TPSA) is 166 Å². The molecule has 1 aliphatic heterocycles. The lowest BCUT2D eigenvalue weighted by atomic mass is 9.98. The van der Waals surface area contributed by atoms with Crippen molar-refractivity contribution in [3.8, 4) is 17.9 Å². The van der Waals surface area contributed by atoms with Gasteiger partial charge in [-0.1, -0.05) is 126 Å². The standard InChI is InChI=1S/C53H42Cl2N8O4/c54-45-22-23-48(55)60-46(45)30-41(32-57)53(65)62-50(37-14-8-3-9-15-37)38-17-20-44(21-18-38)66-26-24-63-25-27-67-47(34-63)42-28-39-16-19-43(59-51(39)58-33-42)29-40(31-56)52(64)61-49(35-10-4-1-5-11-35)36-12-6-2-7-13-36/h1-23,28-30,33,47,49-50H,24-27,34H2,(H,61,64)(H,62,65)/b40-29+,41-30+. The van der Waals surface area contributed by atoms with Gasteiger partial charge in [0.25, 0.3) is 11.8 Å². The van der Waals surface area contributed by atoms with Crippen molar-refractivity contribution in [3.05, 3.63) is 212 Å². The number of benzene rings is 4. The number of hydrogen-bond donors (Lipinski definition) is 2. The summed E-state index contributed by atoms with van der Waals surface area (Å²) >= 11 is 12.3. The molecule has 2 atom stereocenters. The van der Waals surface area contributed by atoms with Gasteiger partial charge in [0.05, 0.1) is 41.2 Å². The first-order valence-electron chi connectivity index (χ1n) is 21.4. The Bertz CT molecular complexity index is 2970. The number of ether oxygens (including phenoxy) is 2. The van der Waals surface area contributed by atoms with Crippen LogP contribution in [0.15, 0.2) is 163 Å². The van der Waals surface area contributed by atoms with Crippen molar-refractivity contribution in [2.75, 3.05) is 32.8 Å². The van der Waals surface area contributed by atoms with Gasteiger partial charge in [-0.2, -0.15) is 10.5 Å². The molecule has 2 amide bonds. The van der Waals surface area contributed by atoms with Crippen LogP contribution in [-0.2, 0) is 14.3 Å². The van der Waals surface area contributed by atoms with Gasteiger partial charge in [0.2, 0.25) is 0 Å². The Hall–Kier alpha value is -7.71. The smallest absolute Gasteiger partial charge is 0.262 e. The van der Waals surface area contributed by atoms with Gasteiger partial charge in [-0.15, -0.1) is 0 Å². The van der Waals surface area contributed by atoms with Crippen LogP contribution < -0.4 is 15.4 Å². The normalized spacial score (nSPS) is 14.7. The summed E-state index contributed by atoms with van der Waals surface area (Å²) in [5, 5.41) is 27.2. The highest BCUT2D eigenvalue weighted by atomic mass is 35.5. The van der Waals surface area contributed by atoms with E-state index in [9.17, 15) is 20.1 Å². The SMILES string of the molecule is N#C/C(=C\c1ccc2cc(C3CN(CCOc4ccc(C(NC(=O)/C(C#N)=C/c5nc(Cl)ccc5Cl)c5ccccc5)cc4)CCO3)cnc2n1)C(=O)NC(c1ccccc1)c1ccccc1. The molecule has 1 aliphatic rings. The van der Waals surface area contributed by atoms with Crippen molar-refractivity contribution < 1.29 is 19.1 Å². The fourth-order valence-electron chi connectivity index (χ4n) is 7.64. The fourth-order valence-corrected chi connectivity index (χ4v) is 7.96.